The molecule has 1 aliphatic heterocycles. The lowest BCUT2D eigenvalue weighted by Crippen LogP contribution is -2.32. The molecule has 5 heteroatoms. The lowest BCUT2D eigenvalue weighted by Gasteiger charge is -2.15. The molecule has 4 rings (SSSR count). The number of carbonyl (C=O) groups excluding carboxylic acids is 2. The summed E-state index contributed by atoms with van der Waals surface area (Å²) in [4.78, 5) is 31.9. The zero-order chi connectivity index (χ0) is 21.1. The number of nitrogens with zero attached hydrogens (tertiary/aromatic N) is 2. The van der Waals surface area contributed by atoms with E-state index < -0.39 is 0 Å². The van der Waals surface area contributed by atoms with Crippen molar-refractivity contribution in [3.8, 4) is 0 Å². The molecule has 0 saturated carbocycles. The van der Waals surface area contributed by atoms with Crippen molar-refractivity contribution in [3.63, 3.8) is 0 Å². The minimum Gasteiger partial charge on any atom is -0.350 e. The van der Waals surface area contributed by atoms with Crippen molar-refractivity contribution in [2.45, 2.75) is 26.8 Å². The summed E-state index contributed by atoms with van der Waals surface area (Å²) in [6, 6.07) is 19.2. The average molecular weight is 397 g/mol. The highest BCUT2D eigenvalue weighted by Gasteiger charge is 2.39. The number of nitrogens with one attached hydrogen (secondary N) is 1. The van der Waals surface area contributed by atoms with E-state index in [9.17, 15) is 9.59 Å². The molecule has 0 atom stereocenters. The van der Waals surface area contributed by atoms with Crippen LogP contribution in [0.15, 0.2) is 78.8 Å². The number of aryl methyl sites for hydroxylation is 2. The second kappa shape index (κ2) is 8.33. The van der Waals surface area contributed by atoms with Gasteiger partial charge in [-0.25, -0.2) is 0 Å². The molecule has 0 saturated heterocycles. The van der Waals surface area contributed by atoms with Gasteiger partial charge in [-0.05, 0) is 54.3 Å². The molecular formula is C25H23N3O2. The van der Waals surface area contributed by atoms with Crippen molar-refractivity contribution in [2.24, 2.45) is 0 Å². The highest BCUT2D eigenvalue weighted by atomic mass is 16.2. The minimum absolute atomic E-state index is 0.204. The van der Waals surface area contributed by atoms with E-state index in [4.69, 9.17) is 0 Å². The van der Waals surface area contributed by atoms with Gasteiger partial charge in [0.05, 0.1) is 12.1 Å². The second-order valence-electron chi connectivity index (χ2n) is 7.34. The van der Waals surface area contributed by atoms with Crippen molar-refractivity contribution in [2.75, 3.05) is 5.32 Å². The predicted octanol–water partition coefficient (Wildman–Crippen LogP) is 4.34. The van der Waals surface area contributed by atoms with Crippen LogP contribution < -0.4 is 5.32 Å². The standard InChI is InChI=1S/C25H23N3O2/c1-3-18-6-10-21(11-7-18)27-23-22(20-8-4-17(2)5-9-20)24(29)28(25(23)30)16-19-12-14-26-15-13-19/h4-15,27H,3,16H2,1-2H3. The maximum atomic E-state index is 13.3. The average Bonchev–Trinajstić information content (AvgIpc) is 3.00. The Labute approximate surface area is 176 Å². The third-order valence-corrected chi connectivity index (χ3v) is 5.23. The molecule has 0 bridgehead atoms. The number of rotatable bonds is 6. The van der Waals surface area contributed by atoms with E-state index in [0.29, 0.717) is 11.3 Å². The van der Waals surface area contributed by atoms with E-state index in [-0.39, 0.29) is 18.4 Å². The van der Waals surface area contributed by atoms with Crippen molar-refractivity contribution >= 4 is 23.1 Å². The smallest absolute Gasteiger partial charge is 0.278 e. The van der Waals surface area contributed by atoms with Gasteiger partial charge in [-0.15, -0.1) is 0 Å². The van der Waals surface area contributed by atoms with Gasteiger partial charge >= 0.3 is 0 Å². The van der Waals surface area contributed by atoms with Crippen molar-refractivity contribution in [1.82, 2.24) is 9.88 Å². The molecule has 0 aliphatic carbocycles. The SMILES string of the molecule is CCc1ccc(NC2=C(c3ccc(C)cc3)C(=O)N(Cc3ccncc3)C2=O)cc1. The third kappa shape index (κ3) is 3.87. The van der Waals surface area contributed by atoms with Crippen LogP contribution in [-0.2, 0) is 22.6 Å². The monoisotopic (exact) mass is 397 g/mol. The number of amides is 2. The molecule has 2 amide bonds. The predicted molar refractivity (Wildman–Crippen MR) is 117 cm³/mol. The first-order chi connectivity index (χ1) is 14.6. The van der Waals surface area contributed by atoms with Gasteiger partial charge in [0, 0.05) is 18.1 Å². The normalized spacial score (nSPS) is 13.9. The molecule has 1 N–H and O–H groups in total. The summed E-state index contributed by atoms with van der Waals surface area (Å²) >= 11 is 0. The number of anilines is 1. The van der Waals surface area contributed by atoms with E-state index in [1.165, 1.54) is 10.5 Å². The van der Waals surface area contributed by atoms with Gasteiger partial charge in [0.1, 0.15) is 5.70 Å². The Morgan fingerprint density at radius 2 is 1.50 bits per heavy atom. The van der Waals surface area contributed by atoms with Gasteiger partial charge in [0.25, 0.3) is 11.8 Å². The van der Waals surface area contributed by atoms with Gasteiger partial charge in [-0.2, -0.15) is 0 Å². The van der Waals surface area contributed by atoms with E-state index in [2.05, 4.69) is 17.2 Å². The summed E-state index contributed by atoms with van der Waals surface area (Å²) in [7, 11) is 0. The van der Waals surface area contributed by atoms with E-state index in [0.717, 1.165) is 28.8 Å². The number of hydrogen-bond acceptors (Lipinski definition) is 4. The molecule has 0 spiro atoms. The molecule has 5 nitrogen and oxygen atoms in total. The summed E-state index contributed by atoms with van der Waals surface area (Å²) in [6.45, 7) is 4.29. The fraction of sp³-hybridized carbons (Fsp3) is 0.160. The maximum Gasteiger partial charge on any atom is 0.278 e. The van der Waals surface area contributed by atoms with Gasteiger partial charge in [0.2, 0.25) is 0 Å². The summed E-state index contributed by atoms with van der Waals surface area (Å²) in [5.41, 5.74) is 5.36. The van der Waals surface area contributed by atoms with Gasteiger partial charge in [-0.1, -0.05) is 48.9 Å². The zero-order valence-corrected chi connectivity index (χ0v) is 17.1. The number of hydrogen-bond donors (Lipinski definition) is 1. The number of benzene rings is 2. The molecule has 0 radical (unpaired) electrons. The van der Waals surface area contributed by atoms with Crippen LogP contribution in [0.2, 0.25) is 0 Å². The van der Waals surface area contributed by atoms with Crippen molar-refractivity contribution in [1.29, 1.82) is 0 Å². The fourth-order valence-electron chi connectivity index (χ4n) is 3.46. The Bertz CT molecular complexity index is 1100. The van der Waals surface area contributed by atoms with E-state index in [1.807, 2.05) is 55.5 Å². The molecule has 0 fully saturated rings. The van der Waals surface area contributed by atoms with Crippen molar-refractivity contribution < 1.29 is 9.59 Å². The molecule has 1 aliphatic rings. The van der Waals surface area contributed by atoms with Crippen LogP contribution in [0.1, 0.15) is 29.2 Å². The Morgan fingerprint density at radius 1 is 0.833 bits per heavy atom. The number of imide groups is 1. The van der Waals surface area contributed by atoms with Crippen LogP contribution >= 0.6 is 0 Å². The molecule has 1 aromatic heterocycles. The van der Waals surface area contributed by atoms with Gasteiger partial charge < -0.3 is 5.32 Å². The van der Waals surface area contributed by atoms with Gasteiger partial charge in [0.15, 0.2) is 0 Å². The summed E-state index contributed by atoms with van der Waals surface area (Å²) in [6.07, 6.45) is 4.25. The number of aromatic nitrogens is 1. The molecular weight excluding hydrogens is 374 g/mol. The van der Waals surface area contributed by atoms with Crippen molar-refractivity contribution in [3.05, 3.63) is 101 Å². The quantitative estimate of drug-likeness (QED) is 0.629. The Balaban J connectivity index is 1.72. The molecule has 30 heavy (non-hydrogen) atoms. The Kier molecular flexibility index (Phi) is 5.44. The molecule has 2 heterocycles. The van der Waals surface area contributed by atoms with Crippen LogP contribution in [0.4, 0.5) is 5.69 Å². The van der Waals surface area contributed by atoms with Crippen LogP contribution in [0.3, 0.4) is 0 Å². The largest absolute Gasteiger partial charge is 0.350 e. The highest BCUT2D eigenvalue weighted by molar-refractivity contribution is 6.36. The first-order valence-corrected chi connectivity index (χ1v) is 9.99. The second-order valence-corrected chi connectivity index (χ2v) is 7.34. The molecule has 3 aromatic rings. The zero-order valence-electron chi connectivity index (χ0n) is 17.1. The topological polar surface area (TPSA) is 62.3 Å². The Morgan fingerprint density at radius 3 is 2.13 bits per heavy atom. The lowest BCUT2D eigenvalue weighted by atomic mass is 10.0. The number of carbonyl (C=O) groups is 2. The summed E-state index contributed by atoms with van der Waals surface area (Å²) in [5.74, 6) is -0.625. The van der Waals surface area contributed by atoms with Crippen LogP contribution in [0.5, 0.6) is 0 Å². The molecule has 150 valence electrons. The van der Waals surface area contributed by atoms with Crippen LogP contribution in [-0.4, -0.2) is 21.7 Å². The maximum absolute atomic E-state index is 13.3. The first kappa shape index (κ1) is 19.6. The lowest BCUT2D eigenvalue weighted by molar-refractivity contribution is -0.137. The first-order valence-electron chi connectivity index (χ1n) is 9.99. The Hall–Kier alpha value is -3.73. The third-order valence-electron chi connectivity index (χ3n) is 5.23. The molecule has 0 unspecified atom stereocenters. The van der Waals surface area contributed by atoms with E-state index >= 15 is 0 Å². The van der Waals surface area contributed by atoms with Gasteiger partial charge in [-0.3, -0.25) is 19.5 Å². The summed E-state index contributed by atoms with van der Waals surface area (Å²) in [5, 5.41) is 3.21. The summed E-state index contributed by atoms with van der Waals surface area (Å²) < 4.78 is 0. The van der Waals surface area contributed by atoms with Crippen LogP contribution in [0, 0.1) is 6.92 Å². The number of pyridine rings is 1. The highest BCUT2D eigenvalue weighted by Crippen LogP contribution is 2.31. The van der Waals surface area contributed by atoms with Crippen LogP contribution in [0.25, 0.3) is 5.57 Å². The van der Waals surface area contributed by atoms with E-state index in [1.54, 1.807) is 24.5 Å². The minimum atomic E-state index is -0.327. The molecule has 2 aromatic carbocycles. The fourth-order valence-corrected chi connectivity index (χ4v) is 3.46.